The van der Waals surface area contributed by atoms with E-state index < -0.39 is 0 Å². The number of methoxy groups -OCH3 is 2. The van der Waals surface area contributed by atoms with Crippen LogP contribution < -0.4 is 9.47 Å². The van der Waals surface area contributed by atoms with Crippen molar-refractivity contribution in [3.63, 3.8) is 0 Å². The molecule has 5 nitrogen and oxygen atoms in total. The van der Waals surface area contributed by atoms with Gasteiger partial charge < -0.3 is 19.1 Å². The first-order valence-electron chi connectivity index (χ1n) is 8.77. The van der Waals surface area contributed by atoms with Crippen LogP contribution in [0.15, 0.2) is 18.2 Å². The van der Waals surface area contributed by atoms with Gasteiger partial charge in [-0.25, -0.2) is 0 Å². The molecule has 2 rings (SSSR count). The zero-order valence-corrected chi connectivity index (χ0v) is 15.0. The monoisotopic (exact) mass is 335 g/mol. The summed E-state index contributed by atoms with van der Waals surface area (Å²) < 4.78 is 15.9. The van der Waals surface area contributed by atoms with Gasteiger partial charge >= 0.3 is 0 Å². The molecule has 134 valence electrons. The third-order valence-electron chi connectivity index (χ3n) is 4.59. The van der Waals surface area contributed by atoms with Crippen LogP contribution >= 0.6 is 0 Å². The number of carbonyl (C=O) groups excluding carboxylic acids is 1. The summed E-state index contributed by atoms with van der Waals surface area (Å²) in [5, 5.41) is 0. The predicted molar refractivity (Wildman–Crippen MR) is 93.7 cm³/mol. The van der Waals surface area contributed by atoms with Gasteiger partial charge in [-0.3, -0.25) is 4.79 Å². The Hall–Kier alpha value is -1.75. The molecule has 1 heterocycles. The van der Waals surface area contributed by atoms with Crippen molar-refractivity contribution in [3.05, 3.63) is 23.8 Å². The van der Waals surface area contributed by atoms with Crippen LogP contribution in [0.3, 0.4) is 0 Å². The second-order valence-electron chi connectivity index (χ2n) is 6.10. The number of nitrogens with zero attached hydrogens (tertiary/aromatic N) is 1. The summed E-state index contributed by atoms with van der Waals surface area (Å²) in [5.41, 5.74) is 1.20. The number of hydrogen-bond acceptors (Lipinski definition) is 4. The topological polar surface area (TPSA) is 48.0 Å². The van der Waals surface area contributed by atoms with Crippen molar-refractivity contribution in [1.29, 1.82) is 0 Å². The van der Waals surface area contributed by atoms with Crippen molar-refractivity contribution >= 4 is 5.91 Å². The fourth-order valence-corrected chi connectivity index (χ4v) is 3.27. The van der Waals surface area contributed by atoms with E-state index in [0.717, 1.165) is 43.7 Å². The van der Waals surface area contributed by atoms with Crippen molar-refractivity contribution < 1.29 is 19.0 Å². The minimum Gasteiger partial charge on any atom is -0.493 e. The SMILES string of the molecule is CCOCC(=O)N1CCCC[C@@H]1CCc1ccc(OC)c(OC)c1. The lowest BCUT2D eigenvalue weighted by molar-refractivity contribution is -0.139. The number of piperidine rings is 1. The summed E-state index contributed by atoms with van der Waals surface area (Å²) in [7, 11) is 3.29. The zero-order valence-electron chi connectivity index (χ0n) is 15.0. The van der Waals surface area contributed by atoms with Crippen LogP contribution in [0.25, 0.3) is 0 Å². The van der Waals surface area contributed by atoms with Gasteiger partial charge in [0.15, 0.2) is 11.5 Å². The number of hydrogen-bond donors (Lipinski definition) is 0. The number of ether oxygens (including phenoxy) is 3. The van der Waals surface area contributed by atoms with Gasteiger partial charge in [0.2, 0.25) is 5.91 Å². The second kappa shape index (κ2) is 9.52. The third kappa shape index (κ3) is 4.87. The van der Waals surface area contributed by atoms with Crippen LogP contribution in [0.2, 0.25) is 0 Å². The molecule has 0 saturated carbocycles. The molecule has 24 heavy (non-hydrogen) atoms. The summed E-state index contributed by atoms with van der Waals surface area (Å²) in [6, 6.07) is 6.33. The molecule has 0 N–H and O–H groups in total. The molecule has 1 aliphatic rings. The minimum atomic E-state index is 0.119. The maximum absolute atomic E-state index is 12.3. The molecule has 0 spiro atoms. The molecule has 1 amide bonds. The molecule has 1 atom stereocenters. The predicted octanol–water partition coefficient (Wildman–Crippen LogP) is 3.05. The van der Waals surface area contributed by atoms with E-state index in [0.29, 0.717) is 12.6 Å². The highest BCUT2D eigenvalue weighted by Crippen LogP contribution is 2.29. The molecule has 0 aromatic heterocycles. The summed E-state index contributed by atoms with van der Waals surface area (Å²) in [6.07, 6.45) is 5.24. The molecule has 5 heteroatoms. The molecule has 0 radical (unpaired) electrons. The quantitative estimate of drug-likeness (QED) is 0.732. The normalized spacial score (nSPS) is 17.6. The number of rotatable bonds is 8. The lowest BCUT2D eigenvalue weighted by Gasteiger charge is -2.36. The Bertz CT molecular complexity index is 532. The Labute approximate surface area is 144 Å². The number of benzene rings is 1. The zero-order chi connectivity index (χ0) is 17.4. The number of amides is 1. The molecule has 1 aromatic carbocycles. The van der Waals surface area contributed by atoms with E-state index in [1.807, 2.05) is 24.0 Å². The Morgan fingerprint density at radius 3 is 2.71 bits per heavy atom. The average Bonchev–Trinajstić information content (AvgIpc) is 2.64. The van der Waals surface area contributed by atoms with Gasteiger partial charge in [0.25, 0.3) is 0 Å². The van der Waals surface area contributed by atoms with E-state index in [-0.39, 0.29) is 12.5 Å². The van der Waals surface area contributed by atoms with Crippen LogP contribution in [0.4, 0.5) is 0 Å². The summed E-state index contributed by atoms with van der Waals surface area (Å²) >= 11 is 0. The lowest BCUT2D eigenvalue weighted by atomic mass is 9.95. The van der Waals surface area contributed by atoms with E-state index in [1.54, 1.807) is 14.2 Å². The lowest BCUT2D eigenvalue weighted by Crippen LogP contribution is -2.45. The Kier molecular flexibility index (Phi) is 7.37. The van der Waals surface area contributed by atoms with E-state index in [4.69, 9.17) is 14.2 Å². The highest BCUT2D eigenvalue weighted by Gasteiger charge is 2.26. The minimum absolute atomic E-state index is 0.119. The Balaban J connectivity index is 1.96. The van der Waals surface area contributed by atoms with Crippen molar-refractivity contribution in [2.75, 3.05) is 34.0 Å². The van der Waals surface area contributed by atoms with Gasteiger partial charge in [0, 0.05) is 19.2 Å². The van der Waals surface area contributed by atoms with Crippen molar-refractivity contribution in [3.8, 4) is 11.5 Å². The average molecular weight is 335 g/mol. The van der Waals surface area contributed by atoms with Gasteiger partial charge in [-0.2, -0.15) is 0 Å². The molecular formula is C19H29NO4. The standard InChI is InChI=1S/C19H29NO4/c1-4-24-14-19(21)20-12-6-5-7-16(20)10-8-15-9-11-17(22-2)18(13-15)23-3/h9,11,13,16H,4-8,10,12,14H2,1-3H3/t16-/m1/s1. The van der Waals surface area contributed by atoms with Crippen LogP contribution in [0.1, 0.15) is 38.2 Å². The first-order valence-corrected chi connectivity index (χ1v) is 8.77. The van der Waals surface area contributed by atoms with Gasteiger partial charge in [0.05, 0.1) is 14.2 Å². The first-order chi connectivity index (χ1) is 11.7. The van der Waals surface area contributed by atoms with Crippen LogP contribution in [-0.2, 0) is 16.0 Å². The van der Waals surface area contributed by atoms with Gasteiger partial charge in [0.1, 0.15) is 6.61 Å². The molecule has 1 fully saturated rings. The van der Waals surface area contributed by atoms with Crippen LogP contribution in [0, 0.1) is 0 Å². The highest BCUT2D eigenvalue weighted by atomic mass is 16.5. The molecule has 0 bridgehead atoms. The molecule has 0 aliphatic carbocycles. The third-order valence-corrected chi connectivity index (χ3v) is 4.59. The fourth-order valence-electron chi connectivity index (χ4n) is 3.27. The fraction of sp³-hybridized carbons (Fsp3) is 0.632. The molecule has 1 aliphatic heterocycles. The van der Waals surface area contributed by atoms with Crippen molar-refractivity contribution in [2.45, 2.75) is 45.1 Å². The summed E-state index contributed by atoms with van der Waals surface area (Å²) in [6.45, 7) is 3.54. The van der Waals surface area contributed by atoms with Gasteiger partial charge in [-0.1, -0.05) is 6.07 Å². The summed E-state index contributed by atoms with van der Waals surface area (Å²) in [5.74, 6) is 1.62. The molecular weight excluding hydrogens is 306 g/mol. The van der Waals surface area contributed by atoms with E-state index >= 15 is 0 Å². The Morgan fingerprint density at radius 2 is 2.00 bits per heavy atom. The second-order valence-corrected chi connectivity index (χ2v) is 6.10. The highest BCUT2D eigenvalue weighted by molar-refractivity contribution is 5.77. The number of aryl methyl sites for hydroxylation is 1. The molecule has 0 unspecified atom stereocenters. The van der Waals surface area contributed by atoms with Crippen molar-refractivity contribution in [1.82, 2.24) is 4.90 Å². The van der Waals surface area contributed by atoms with E-state index in [9.17, 15) is 4.79 Å². The largest absolute Gasteiger partial charge is 0.493 e. The van der Waals surface area contributed by atoms with Crippen LogP contribution in [-0.4, -0.2) is 50.8 Å². The van der Waals surface area contributed by atoms with Crippen LogP contribution in [0.5, 0.6) is 11.5 Å². The van der Waals surface area contributed by atoms with Crippen molar-refractivity contribution in [2.24, 2.45) is 0 Å². The van der Waals surface area contributed by atoms with E-state index in [2.05, 4.69) is 6.07 Å². The molecule has 1 aromatic rings. The van der Waals surface area contributed by atoms with Gasteiger partial charge in [-0.15, -0.1) is 0 Å². The van der Waals surface area contributed by atoms with Gasteiger partial charge in [-0.05, 0) is 56.7 Å². The number of carbonyl (C=O) groups is 1. The smallest absolute Gasteiger partial charge is 0.248 e. The first kappa shape index (κ1) is 18.6. The summed E-state index contributed by atoms with van der Waals surface area (Å²) in [4.78, 5) is 14.3. The number of likely N-dealkylation sites (tertiary alicyclic amines) is 1. The Morgan fingerprint density at radius 1 is 1.21 bits per heavy atom. The van der Waals surface area contributed by atoms with E-state index in [1.165, 1.54) is 12.0 Å². The maximum Gasteiger partial charge on any atom is 0.248 e. The molecule has 1 saturated heterocycles. The maximum atomic E-state index is 12.3.